The van der Waals surface area contributed by atoms with Gasteiger partial charge in [-0.1, -0.05) is 15.9 Å². The third kappa shape index (κ3) is 3.42. The van der Waals surface area contributed by atoms with Crippen LogP contribution in [-0.4, -0.2) is 10.9 Å². The second-order valence-electron chi connectivity index (χ2n) is 4.24. The van der Waals surface area contributed by atoms with E-state index in [4.69, 9.17) is 0 Å². The first-order valence-electron chi connectivity index (χ1n) is 5.67. The number of rotatable bonds is 2. The lowest BCUT2D eigenvalue weighted by Gasteiger charge is -2.08. The first kappa shape index (κ1) is 14.2. The molecule has 0 atom stereocenters. The Morgan fingerprint density at radius 2 is 1.89 bits per heavy atom. The van der Waals surface area contributed by atoms with Gasteiger partial charge < -0.3 is 5.32 Å². The molecule has 19 heavy (non-hydrogen) atoms. The van der Waals surface area contributed by atoms with Gasteiger partial charge in [-0.25, -0.2) is 4.98 Å². The lowest BCUT2D eigenvalue weighted by Crippen LogP contribution is -2.14. The van der Waals surface area contributed by atoms with Crippen molar-refractivity contribution in [2.75, 3.05) is 5.32 Å². The lowest BCUT2D eigenvalue weighted by atomic mass is 10.1. The van der Waals surface area contributed by atoms with Crippen LogP contribution in [0.25, 0.3) is 0 Å². The third-order valence-corrected chi connectivity index (χ3v) is 4.02. The van der Waals surface area contributed by atoms with E-state index < -0.39 is 0 Å². The fourth-order valence-corrected chi connectivity index (χ4v) is 2.33. The summed E-state index contributed by atoms with van der Waals surface area (Å²) < 4.78 is 1.88. The molecule has 1 aromatic heterocycles. The highest BCUT2D eigenvalue weighted by atomic mass is 79.9. The van der Waals surface area contributed by atoms with Crippen LogP contribution in [0.3, 0.4) is 0 Å². The maximum absolute atomic E-state index is 12.1. The molecule has 1 heterocycles. The molecular weight excluding hydrogens is 372 g/mol. The highest BCUT2D eigenvalue weighted by molar-refractivity contribution is 9.10. The summed E-state index contributed by atoms with van der Waals surface area (Å²) in [5.41, 5.74) is 2.55. The van der Waals surface area contributed by atoms with Crippen molar-refractivity contribution >= 4 is 43.6 Å². The third-order valence-electron chi connectivity index (χ3n) is 2.70. The van der Waals surface area contributed by atoms with Crippen LogP contribution in [0.2, 0.25) is 0 Å². The Hall–Kier alpha value is -1.20. The van der Waals surface area contributed by atoms with Crippen molar-refractivity contribution in [2.24, 2.45) is 0 Å². The van der Waals surface area contributed by atoms with E-state index in [0.717, 1.165) is 20.1 Å². The molecule has 1 aromatic carbocycles. The minimum Gasteiger partial charge on any atom is -0.306 e. The van der Waals surface area contributed by atoms with E-state index >= 15 is 0 Å². The molecule has 0 spiro atoms. The van der Waals surface area contributed by atoms with E-state index in [-0.39, 0.29) is 5.91 Å². The number of benzene rings is 1. The van der Waals surface area contributed by atoms with Crippen LogP contribution in [0.5, 0.6) is 0 Å². The van der Waals surface area contributed by atoms with Crippen LogP contribution in [0.15, 0.2) is 39.4 Å². The number of carbonyl (C=O) groups is 1. The van der Waals surface area contributed by atoms with Gasteiger partial charge in [0.2, 0.25) is 0 Å². The molecule has 1 amide bonds. The monoisotopic (exact) mass is 382 g/mol. The van der Waals surface area contributed by atoms with Gasteiger partial charge >= 0.3 is 0 Å². The van der Waals surface area contributed by atoms with Crippen molar-refractivity contribution in [1.29, 1.82) is 0 Å². The Bertz CT molecular complexity index is 641. The van der Waals surface area contributed by atoms with Gasteiger partial charge in [0.1, 0.15) is 5.82 Å². The number of aromatic nitrogens is 1. The summed E-state index contributed by atoms with van der Waals surface area (Å²) in [7, 11) is 0. The lowest BCUT2D eigenvalue weighted by molar-refractivity contribution is 0.102. The zero-order chi connectivity index (χ0) is 14.0. The van der Waals surface area contributed by atoms with Crippen LogP contribution in [0, 0.1) is 13.8 Å². The quantitative estimate of drug-likeness (QED) is 0.830. The maximum Gasteiger partial charge on any atom is 0.256 e. The summed E-state index contributed by atoms with van der Waals surface area (Å²) in [4.78, 5) is 16.3. The number of hydrogen-bond acceptors (Lipinski definition) is 2. The van der Waals surface area contributed by atoms with Crippen LogP contribution in [0.1, 0.15) is 21.5 Å². The van der Waals surface area contributed by atoms with Crippen LogP contribution in [0.4, 0.5) is 5.82 Å². The topological polar surface area (TPSA) is 42.0 Å². The smallest absolute Gasteiger partial charge is 0.256 e. The minimum absolute atomic E-state index is 0.159. The molecule has 0 aliphatic heterocycles. The van der Waals surface area contributed by atoms with Gasteiger partial charge in [-0.3, -0.25) is 4.79 Å². The van der Waals surface area contributed by atoms with Gasteiger partial charge in [0.05, 0.1) is 0 Å². The number of amides is 1. The second kappa shape index (κ2) is 5.84. The summed E-state index contributed by atoms with van der Waals surface area (Å²) in [6.45, 7) is 3.85. The number of nitrogens with zero attached hydrogens (tertiary/aromatic N) is 1. The van der Waals surface area contributed by atoms with Crippen molar-refractivity contribution in [2.45, 2.75) is 13.8 Å². The van der Waals surface area contributed by atoms with E-state index in [1.54, 1.807) is 12.3 Å². The van der Waals surface area contributed by atoms with Gasteiger partial charge in [0.15, 0.2) is 0 Å². The molecule has 0 aliphatic carbocycles. The molecule has 0 aliphatic rings. The van der Waals surface area contributed by atoms with E-state index in [0.29, 0.717) is 11.4 Å². The molecule has 0 radical (unpaired) electrons. The molecule has 5 heteroatoms. The molecule has 0 saturated carbocycles. The maximum atomic E-state index is 12.1. The normalized spacial score (nSPS) is 10.3. The van der Waals surface area contributed by atoms with Crippen molar-refractivity contribution < 1.29 is 4.79 Å². The Labute approximate surface area is 128 Å². The molecule has 2 rings (SSSR count). The summed E-state index contributed by atoms with van der Waals surface area (Å²) in [6.07, 6.45) is 1.66. The fourth-order valence-electron chi connectivity index (χ4n) is 1.64. The first-order chi connectivity index (χ1) is 8.97. The molecule has 3 nitrogen and oxygen atoms in total. The molecule has 0 fully saturated rings. The molecule has 0 saturated heterocycles. The highest BCUT2D eigenvalue weighted by Gasteiger charge is 2.10. The average Bonchev–Trinajstić information content (AvgIpc) is 2.36. The predicted molar refractivity (Wildman–Crippen MR) is 83.5 cm³/mol. The summed E-state index contributed by atoms with van der Waals surface area (Å²) in [5.74, 6) is 0.419. The van der Waals surface area contributed by atoms with Crippen LogP contribution in [-0.2, 0) is 0 Å². The molecular formula is C14H12Br2N2O. The Kier molecular flexibility index (Phi) is 4.37. The largest absolute Gasteiger partial charge is 0.306 e. The minimum atomic E-state index is -0.159. The fraction of sp³-hybridized carbons (Fsp3) is 0.143. The predicted octanol–water partition coefficient (Wildman–Crippen LogP) is 4.48. The van der Waals surface area contributed by atoms with E-state index in [9.17, 15) is 4.79 Å². The second-order valence-corrected chi connectivity index (χ2v) is 6.01. The molecule has 0 bridgehead atoms. The summed E-state index contributed by atoms with van der Waals surface area (Å²) in [5, 5.41) is 2.81. The first-order valence-corrected chi connectivity index (χ1v) is 7.25. The number of pyridine rings is 1. The summed E-state index contributed by atoms with van der Waals surface area (Å²) >= 11 is 6.76. The van der Waals surface area contributed by atoms with Gasteiger partial charge in [-0.15, -0.1) is 0 Å². The Morgan fingerprint density at radius 3 is 2.53 bits per heavy atom. The van der Waals surface area contributed by atoms with Crippen LogP contribution >= 0.6 is 31.9 Å². The van der Waals surface area contributed by atoms with Crippen molar-refractivity contribution in [3.05, 3.63) is 56.1 Å². The number of nitrogens with one attached hydrogen (secondary N) is 1. The van der Waals surface area contributed by atoms with Gasteiger partial charge in [-0.05, 0) is 65.2 Å². The van der Waals surface area contributed by atoms with Crippen LogP contribution < -0.4 is 5.32 Å². The zero-order valence-electron chi connectivity index (χ0n) is 10.5. The molecule has 98 valence electrons. The van der Waals surface area contributed by atoms with E-state index in [1.165, 1.54) is 0 Å². The molecule has 2 aromatic rings. The molecule has 0 unspecified atom stereocenters. The SMILES string of the molecule is Cc1cc(C(=O)Nc2ncc(Br)cc2C)ccc1Br. The van der Waals surface area contributed by atoms with Gasteiger partial charge in [0, 0.05) is 20.7 Å². The van der Waals surface area contributed by atoms with Crippen molar-refractivity contribution in [3.8, 4) is 0 Å². The number of hydrogen-bond donors (Lipinski definition) is 1. The van der Waals surface area contributed by atoms with E-state index in [1.807, 2.05) is 32.0 Å². The van der Waals surface area contributed by atoms with Gasteiger partial charge in [0.25, 0.3) is 5.91 Å². The highest BCUT2D eigenvalue weighted by Crippen LogP contribution is 2.20. The van der Waals surface area contributed by atoms with Crippen molar-refractivity contribution in [3.63, 3.8) is 0 Å². The number of anilines is 1. The number of aryl methyl sites for hydroxylation is 2. The standard InChI is InChI=1S/C14H12Br2N2O/c1-8-5-10(3-4-12(8)16)14(19)18-13-9(2)6-11(15)7-17-13/h3-7H,1-2H3,(H,17,18,19). The van der Waals surface area contributed by atoms with Gasteiger partial charge in [-0.2, -0.15) is 0 Å². The average molecular weight is 384 g/mol. The number of carbonyl (C=O) groups excluding carboxylic acids is 1. The Balaban J connectivity index is 2.23. The van der Waals surface area contributed by atoms with Crippen molar-refractivity contribution in [1.82, 2.24) is 4.98 Å². The van der Waals surface area contributed by atoms with E-state index in [2.05, 4.69) is 42.2 Å². The molecule has 1 N–H and O–H groups in total. The Morgan fingerprint density at radius 1 is 1.16 bits per heavy atom. The zero-order valence-corrected chi connectivity index (χ0v) is 13.7. The summed E-state index contributed by atoms with van der Waals surface area (Å²) in [6, 6.07) is 7.40. The number of halogens is 2.